The number of amidine groups is 1. The molecule has 5 rings (SSSR count). The van der Waals surface area contributed by atoms with Gasteiger partial charge in [0.1, 0.15) is 11.5 Å². The lowest BCUT2D eigenvalue weighted by atomic mass is 9.90. The highest BCUT2D eigenvalue weighted by molar-refractivity contribution is 8.16. The molecule has 2 aromatic rings. The third-order valence-electron chi connectivity index (χ3n) is 6.88. The number of benzene rings is 2. The summed E-state index contributed by atoms with van der Waals surface area (Å²) < 4.78 is 16.9. The van der Waals surface area contributed by atoms with Crippen LogP contribution in [0.3, 0.4) is 0 Å². The Morgan fingerprint density at radius 3 is 2.50 bits per heavy atom. The summed E-state index contributed by atoms with van der Waals surface area (Å²) in [6.45, 7) is 3.55. The molecule has 0 N–H and O–H groups in total. The quantitative estimate of drug-likeness (QED) is 0.442. The zero-order valence-corrected chi connectivity index (χ0v) is 22.6. The fourth-order valence-electron chi connectivity index (χ4n) is 5.07. The second kappa shape index (κ2) is 11.3. The van der Waals surface area contributed by atoms with E-state index in [2.05, 4.69) is 0 Å². The van der Waals surface area contributed by atoms with Crippen LogP contribution in [0.15, 0.2) is 70.2 Å². The molecular formula is C29H31N3O5S. The van der Waals surface area contributed by atoms with Gasteiger partial charge in [0.15, 0.2) is 5.17 Å². The first kappa shape index (κ1) is 25.9. The number of likely N-dealkylation sites (tertiary alicyclic amines) is 1. The van der Waals surface area contributed by atoms with E-state index in [-0.39, 0.29) is 18.9 Å². The Balaban J connectivity index is 1.69. The van der Waals surface area contributed by atoms with Crippen LogP contribution in [0.25, 0.3) is 5.70 Å². The lowest BCUT2D eigenvalue weighted by Crippen LogP contribution is -2.38. The van der Waals surface area contributed by atoms with Crippen LogP contribution in [0.4, 0.5) is 0 Å². The second-order valence-electron chi connectivity index (χ2n) is 9.12. The summed E-state index contributed by atoms with van der Waals surface area (Å²) in [6, 6.07) is 14.5. The van der Waals surface area contributed by atoms with E-state index in [1.165, 1.54) is 11.8 Å². The number of aliphatic imine (C=N–C) groups is 1. The molecule has 0 spiro atoms. The van der Waals surface area contributed by atoms with E-state index in [4.69, 9.17) is 19.2 Å². The number of hydrogen-bond donors (Lipinski definition) is 0. The van der Waals surface area contributed by atoms with Crippen LogP contribution in [0.2, 0.25) is 0 Å². The predicted molar refractivity (Wildman–Crippen MR) is 148 cm³/mol. The Labute approximate surface area is 226 Å². The highest BCUT2D eigenvalue weighted by Crippen LogP contribution is 2.49. The standard InChI is InChI=1S/C29H31N3O5S/c1-4-37-28(34)25-26(19-10-6-5-7-11-19)30-29-32(20(18-38-29)16-24(33)31-14-8-9-15-31)27(25)22-17-21(35-2)12-13-23(22)36-3/h5-7,10-13,17-18,27H,4,8-9,14-16H2,1-3H3/t27-/m1/s1. The number of rotatable bonds is 8. The molecule has 9 heteroatoms. The Hall–Kier alpha value is -3.72. The van der Waals surface area contributed by atoms with Gasteiger partial charge < -0.3 is 24.0 Å². The van der Waals surface area contributed by atoms with Gasteiger partial charge >= 0.3 is 5.97 Å². The third kappa shape index (κ3) is 4.90. The van der Waals surface area contributed by atoms with Crippen molar-refractivity contribution in [3.8, 4) is 11.5 Å². The largest absolute Gasteiger partial charge is 0.497 e. The Kier molecular flexibility index (Phi) is 7.74. The molecule has 3 aliphatic rings. The van der Waals surface area contributed by atoms with Crippen molar-refractivity contribution >= 4 is 34.5 Å². The van der Waals surface area contributed by atoms with E-state index < -0.39 is 12.0 Å². The van der Waals surface area contributed by atoms with Crippen molar-refractivity contribution in [3.05, 3.63) is 76.3 Å². The first-order valence-electron chi connectivity index (χ1n) is 12.8. The molecule has 0 radical (unpaired) electrons. The lowest BCUT2D eigenvalue weighted by molar-refractivity contribution is -0.139. The van der Waals surface area contributed by atoms with Crippen molar-refractivity contribution < 1.29 is 23.8 Å². The molecule has 0 saturated carbocycles. The SMILES string of the molecule is CCOC(=O)C1=C(c2ccccc2)N=C2SC=C(CC(=O)N3CCCC3)N2[C@@H]1c1cc(OC)ccc1OC. The minimum absolute atomic E-state index is 0.0717. The van der Waals surface area contributed by atoms with Crippen LogP contribution in [-0.4, -0.2) is 60.8 Å². The maximum absolute atomic E-state index is 13.7. The zero-order chi connectivity index (χ0) is 26.6. The summed E-state index contributed by atoms with van der Waals surface area (Å²) in [5.74, 6) is 0.821. The number of carbonyl (C=O) groups excluding carboxylic acids is 2. The third-order valence-corrected chi connectivity index (χ3v) is 7.76. The maximum Gasteiger partial charge on any atom is 0.338 e. The molecule has 0 aromatic heterocycles. The predicted octanol–water partition coefficient (Wildman–Crippen LogP) is 4.99. The molecule has 0 unspecified atom stereocenters. The second-order valence-corrected chi connectivity index (χ2v) is 9.95. The molecule has 198 valence electrons. The molecule has 1 fully saturated rings. The number of esters is 1. The smallest absolute Gasteiger partial charge is 0.338 e. The molecule has 3 aliphatic heterocycles. The highest BCUT2D eigenvalue weighted by Gasteiger charge is 2.44. The van der Waals surface area contributed by atoms with Crippen LogP contribution < -0.4 is 9.47 Å². The summed E-state index contributed by atoms with van der Waals surface area (Å²) in [5.41, 5.74) is 3.23. The zero-order valence-electron chi connectivity index (χ0n) is 21.8. The van der Waals surface area contributed by atoms with Gasteiger partial charge in [-0.2, -0.15) is 0 Å². The fraction of sp³-hybridized carbons (Fsp3) is 0.345. The maximum atomic E-state index is 13.7. The summed E-state index contributed by atoms with van der Waals surface area (Å²) in [6.07, 6.45) is 2.26. The molecule has 1 amide bonds. The van der Waals surface area contributed by atoms with Gasteiger partial charge in [0.25, 0.3) is 0 Å². The van der Waals surface area contributed by atoms with E-state index >= 15 is 0 Å². The molecule has 0 aliphatic carbocycles. The van der Waals surface area contributed by atoms with Crippen molar-refractivity contribution in [3.63, 3.8) is 0 Å². The first-order chi connectivity index (χ1) is 18.5. The van der Waals surface area contributed by atoms with Crippen LogP contribution in [-0.2, 0) is 14.3 Å². The minimum atomic E-state index is -0.644. The van der Waals surface area contributed by atoms with Crippen LogP contribution in [0, 0.1) is 0 Å². The summed E-state index contributed by atoms with van der Waals surface area (Å²) in [7, 11) is 3.20. The van der Waals surface area contributed by atoms with Gasteiger partial charge in [0.05, 0.1) is 44.6 Å². The normalized spacial score (nSPS) is 18.7. The molecular weight excluding hydrogens is 502 g/mol. The van der Waals surface area contributed by atoms with Crippen molar-refractivity contribution in [2.24, 2.45) is 4.99 Å². The van der Waals surface area contributed by atoms with Crippen molar-refractivity contribution in [2.75, 3.05) is 33.9 Å². The molecule has 0 bridgehead atoms. The molecule has 2 aromatic carbocycles. The van der Waals surface area contributed by atoms with Gasteiger partial charge in [-0.15, -0.1) is 0 Å². The Bertz CT molecular complexity index is 1310. The average Bonchev–Trinajstić information content (AvgIpc) is 3.63. The number of hydrogen-bond acceptors (Lipinski definition) is 8. The van der Waals surface area contributed by atoms with Crippen molar-refractivity contribution in [1.29, 1.82) is 0 Å². The van der Waals surface area contributed by atoms with E-state index in [0.29, 0.717) is 27.9 Å². The van der Waals surface area contributed by atoms with Crippen LogP contribution in [0.5, 0.6) is 11.5 Å². The monoisotopic (exact) mass is 533 g/mol. The van der Waals surface area contributed by atoms with E-state index in [0.717, 1.165) is 42.8 Å². The number of thioether (sulfide) groups is 1. The fourth-order valence-corrected chi connectivity index (χ4v) is 5.99. The van der Waals surface area contributed by atoms with E-state index in [9.17, 15) is 9.59 Å². The molecule has 38 heavy (non-hydrogen) atoms. The van der Waals surface area contributed by atoms with Gasteiger partial charge in [0.2, 0.25) is 5.91 Å². The van der Waals surface area contributed by atoms with Gasteiger partial charge in [-0.25, -0.2) is 9.79 Å². The molecule has 1 saturated heterocycles. The number of methoxy groups -OCH3 is 2. The van der Waals surface area contributed by atoms with Gasteiger partial charge in [-0.3, -0.25) is 4.79 Å². The van der Waals surface area contributed by atoms with Crippen LogP contribution >= 0.6 is 11.8 Å². The van der Waals surface area contributed by atoms with Crippen molar-refractivity contribution in [2.45, 2.75) is 32.2 Å². The Morgan fingerprint density at radius 1 is 1.05 bits per heavy atom. The Morgan fingerprint density at radius 2 is 1.82 bits per heavy atom. The van der Waals surface area contributed by atoms with E-state index in [1.807, 2.05) is 63.7 Å². The topological polar surface area (TPSA) is 80.7 Å². The lowest BCUT2D eigenvalue weighted by Gasteiger charge is -2.37. The molecule has 8 nitrogen and oxygen atoms in total. The average molecular weight is 534 g/mol. The minimum Gasteiger partial charge on any atom is -0.497 e. The summed E-state index contributed by atoms with van der Waals surface area (Å²) >= 11 is 1.45. The highest BCUT2D eigenvalue weighted by atomic mass is 32.2. The van der Waals surface area contributed by atoms with E-state index in [1.54, 1.807) is 21.1 Å². The van der Waals surface area contributed by atoms with Gasteiger partial charge in [0, 0.05) is 29.9 Å². The molecule has 1 atom stereocenters. The van der Waals surface area contributed by atoms with Gasteiger partial charge in [-0.1, -0.05) is 42.1 Å². The number of carbonyl (C=O) groups is 2. The van der Waals surface area contributed by atoms with Crippen LogP contribution in [0.1, 0.15) is 43.4 Å². The number of ether oxygens (including phenoxy) is 3. The van der Waals surface area contributed by atoms with Crippen molar-refractivity contribution in [1.82, 2.24) is 9.80 Å². The number of amides is 1. The summed E-state index contributed by atoms with van der Waals surface area (Å²) in [4.78, 5) is 35.8. The number of nitrogens with zero attached hydrogens (tertiary/aromatic N) is 3. The number of fused-ring (bicyclic) bond motifs is 1. The summed E-state index contributed by atoms with van der Waals surface area (Å²) in [5, 5.41) is 2.65. The first-order valence-corrected chi connectivity index (χ1v) is 13.6. The van der Waals surface area contributed by atoms with Gasteiger partial charge in [-0.05, 0) is 43.4 Å². The molecule has 3 heterocycles.